The van der Waals surface area contributed by atoms with E-state index in [1.165, 1.54) is 44.6 Å². The molecule has 2 aromatic rings. The molecule has 0 atom stereocenters. The number of hydrogen-bond donors (Lipinski definition) is 0. The highest BCUT2D eigenvalue weighted by molar-refractivity contribution is 6.08. The number of methoxy groups -OCH3 is 2. The number of rotatable bonds is 5. The molecule has 6 heteroatoms. The van der Waals surface area contributed by atoms with Crippen LogP contribution in [0.25, 0.3) is 6.08 Å². The van der Waals surface area contributed by atoms with Crippen molar-refractivity contribution in [1.29, 1.82) is 0 Å². The van der Waals surface area contributed by atoms with Crippen molar-refractivity contribution in [1.82, 2.24) is 0 Å². The van der Waals surface area contributed by atoms with Gasteiger partial charge in [-0.3, -0.25) is 4.79 Å². The molecule has 2 aromatic carbocycles. The van der Waals surface area contributed by atoms with Gasteiger partial charge in [0, 0.05) is 0 Å². The van der Waals surface area contributed by atoms with Crippen molar-refractivity contribution in [3.63, 3.8) is 0 Å². The van der Waals surface area contributed by atoms with E-state index in [1.54, 1.807) is 12.1 Å². The van der Waals surface area contributed by atoms with Crippen LogP contribution in [-0.2, 0) is 6.18 Å². The van der Waals surface area contributed by atoms with Crippen LogP contribution >= 0.6 is 0 Å². The highest BCUT2D eigenvalue weighted by Gasteiger charge is 2.29. The van der Waals surface area contributed by atoms with E-state index >= 15 is 0 Å². The van der Waals surface area contributed by atoms with Crippen LogP contribution in [0.15, 0.2) is 48.5 Å². The summed E-state index contributed by atoms with van der Waals surface area (Å²) in [5, 5.41) is 0. The predicted molar refractivity (Wildman–Crippen MR) is 84.4 cm³/mol. The van der Waals surface area contributed by atoms with Crippen molar-refractivity contribution >= 4 is 11.9 Å². The van der Waals surface area contributed by atoms with Crippen molar-refractivity contribution in [3.05, 3.63) is 65.2 Å². The highest BCUT2D eigenvalue weighted by atomic mass is 19.4. The molecular formula is C18H15F3O3. The SMILES string of the molecule is COc1ccc(OC)c(C(=O)/C=C/c2ccc(C(F)(F)F)cc2)c1. The fourth-order valence-corrected chi connectivity index (χ4v) is 2.05. The van der Waals surface area contributed by atoms with Crippen molar-refractivity contribution in [2.45, 2.75) is 6.18 Å². The number of alkyl halides is 3. The first kappa shape index (κ1) is 17.6. The van der Waals surface area contributed by atoms with Gasteiger partial charge in [0.2, 0.25) is 0 Å². The lowest BCUT2D eigenvalue weighted by molar-refractivity contribution is -0.137. The lowest BCUT2D eigenvalue weighted by Crippen LogP contribution is -2.04. The molecule has 126 valence electrons. The standard InChI is InChI=1S/C18H15F3O3/c1-23-14-8-10-17(24-2)15(11-14)16(22)9-5-12-3-6-13(7-4-12)18(19,20)21/h3-11H,1-2H3/b9-5+. The number of carbonyl (C=O) groups excluding carboxylic acids is 1. The van der Waals surface area contributed by atoms with E-state index in [9.17, 15) is 18.0 Å². The summed E-state index contributed by atoms with van der Waals surface area (Å²) < 4.78 is 47.7. The summed E-state index contributed by atoms with van der Waals surface area (Å²) in [5.74, 6) is 0.547. The van der Waals surface area contributed by atoms with E-state index in [-0.39, 0.29) is 5.78 Å². The summed E-state index contributed by atoms with van der Waals surface area (Å²) in [5.41, 5.74) is 0.0543. The van der Waals surface area contributed by atoms with Crippen LogP contribution < -0.4 is 9.47 Å². The van der Waals surface area contributed by atoms with Crippen LogP contribution in [0.2, 0.25) is 0 Å². The predicted octanol–water partition coefficient (Wildman–Crippen LogP) is 4.62. The Balaban J connectivity index is 2.21. The van der Waals surface area contributed by atoms with Crippen LogP contribution in [0.1, 0.15) is 21.5 Å². The average molecular weight is 336 g/mol. The molecule has 0 bridgehead atoms. The second kappa shape index (κ2) is 7.21. The third-order valence-electron chi connectivity index (χ3n) is 3.34. The molecule has 0 radical (unpaired) electrons. The van der Waals surface area contributed by atoms with Crippen LogP contribution in [-0.4, -0.2) is 20.0 Å². The Labute approximate surface area is 137 Å². The van der Waals surface area contributed by atoms with Gasteiger partial charge in [0.05, 0.1) is 25.3 Å². The van der Waals surface area contributed by atoms with E-state index < -0.39 is 11.7 Å². The molecule has 0 aliphatic carbocycles. The molecule has 0 aromatic heterocycles. The van der Waals surface area contributed by atoms with Crippen molar-refractivity contribution in [2.75, 3.05) is 14.2 Å². The number of hydrogen-bond acceptors (Lipinski definition) is 3. The number of allylic oxidation sites excluding steroid dienone is 1. The van der Waals surface area contributed by atoms with Gasteiger partial charge in [-0.05, 0) is 42.0 Å². The Bertz CT molecular complexity index is 747. The zero-order valence-electron chi connectivity index (χ0n) is 13.1. The van der Waals surface area contributed by atoms with Gasteiger partial charge in [-0.2, -0.15) is 13.2 Å². The lowest BCUT2D eigenvalue weighted by Gasteiger charge is -2.08. The Hall–Kier alpha value is -2.76. The van der Waals surface area contributed by atoms with Crippen molar-refractivity contribution in [3.8, 4) is 11.5 Å². The second-order valence-corrected chi connectivity index (χ2v) is 4.88. The Morgan fingerprint density at radius 2 is 1.67 bits per heavy atom. The van der Waals surface area contributed by atoms with Crippen molar-refractivity contribution < 1.29 is 27.4 Å². The molecule has 0 spiro atoms. The summed E-state index contributed by atoms with van der Waals surface area (Å²) in [4.78, 5) is 12.3. The number of halogens is 3. The highest BCUT2D eigenvalue weighted by Crippen LogP contribution is 2.29. The van der Waals surface area contributed by atoms with Gasteiger partial charge in [-0.15, -0.1) is 0 Å². The zero-order valence-corrected chi connectivity index (χ0v) is 13.1. The van der Waals surface area contributed by atoms with Gasteiger partial charge in [0.1, 0.15) is 11.5 Å². The molecule has 0 aliphatic heterocycles. The number of benzene rings is 2. The lowest BCUT2D eigenvalue weighted by atomic mass is 10.1. The van der Waals surface area contributed by atoms with Crippen molar-refractivity contribution in [2.24, 2.45) is 0 Å². The average Bonchev–Trinajstić information content (AvgIpc) is 2.58. The molecule has 0 N–H and O–H groups in total. The monoisotopic (exact) mass is 336 g/mol. The smallest absolute Gasteiger partial charge is 0.416 e. The van der Waals surface area contributed by atoms with E-state index in [0.29, 0.717) is 22.6 Å². The van der Waals surface area contributed by atoms with Crippen LogP contribution in [0.5, 0.6) is 11.5 Å². The molecule has 0 unspecified atom stereocenters. The maximum Gasteiger partial charge on any atom is 0.416 e. The van der Waals surface area contributed by atoms with Gasteiger partial charge in [-0.1, -0.05) is 18.2 Å². The molecule has 0 heterocycles. The fourth-order valence-electron chi connectivity index (χ4n) is 2.05. The second-order valence-electron chi connectivity index (χ2n) is 4.88. The minimum Gasteiger partial charge on any atom is -0.497 e. The molecule has 0 saturated carbocycles. The molecule has 0 aliphatic rings. The first-order valence-corrected chi connectivity index (χ1v) is 6.97. The first-order valence-electron chi connectivity index (χ1n) is 6.97. The molecule has 0 saturated heterocycles. The quantitative estimate of drug-likeness (QED) is 0.590. The topological polar surface area (TPSA) is 35.5 Å². The molecule has 0 fully saturated rings. The summed E-state index contributed by atoms with van der Waals surface area (Å²) in [6.45, 7) is 0. The molecule has 24 heavy (non-hydrogen) atoms. The van der Waals surface area contributed by atoms with E-state index in [0.717, 1.165) is 12.1 Å². The summed E-state index contributed by atoms with van der Waals surface area (Å²) in [6.07, 6.45) is -1.66. The van der Waals surface area contributed by atoms with E-state index in [1.807, 2.05) is 0 Å². The first-order chi connectivity index (χ1) is 11.3. The summed E-state index contributed by atoms with van der Waals surface area (Å²) in [6, 6.07) is 9.35. The number of carbonyl (C=O) groups is 1. The number of ether oxygens (including phenoxy) is 2. The maximum absolute atomic E-state index is 12.5. The van der Waals surface area contributed by atoms with Crippen LogP contribution in [0, 0.1) is 0 Å². The normalized spacial score (nSPS) is 11.5. The van der Waals surface area contributed by atoms with Gasteiger partial charge in [-0.25, -0.2) is 0 Å². The third-order valence-corrected chi connectivity index (χ3v) is 3.34. The summed E-state index contributed by atoms with van der Waals surface area (Å²) in [7, 11) is 2.92. The molecule has 0 amide bonds. The van der Waals surface area contributed by atoms with Crippen LogP contribution in [0.3, 0.4) is 0 Å². The van der Waals surface area contributed by atoms with Gasteiger partial charge in [0.15, 0.2) is 5.78 Å². The van der Waals surface area contributed by atoms with E-state index in [2.05, 4.69) is 0 Å². The molecular weight excluding hydrogens is 321 g/mol. The van der Waals surface area contributed by atoms with Gasteiger partial charge in [0.25, 0.3) is 0 Å². The molecule has 2 rings (SSSR count). The minimum absolute atomic E-state index is 0.306. The van der Waals surface area contributed by atoms with E-state index in [4.69, 9.17) is 9.47 Å². The maximum atomic E-state index is 12.5. The third kappa shape index (κ3) is 4.16. The summed E-state index contributed by atoms with van der Waals surface area (Å²) >= 11 is 0. The van der Waals surface area contributed by atoms with Crippen LogP contribution in [0.4, 0.5) is 13.2 Å². The minimum atomic E-state index is -4.38. The Morgan fingerprint density at radius 3 is 2.21 bits per heavy atom. The Kier molecular flexibility index (Phi) is 5.28. The zero-order chi connectivity index (χ0) is 17.7. The Morgan fingerprint density at radius 1 is 1.00 bits per heavy atom. The number of ketones is 1. The van der Waals surface area contributed by atoms with Gasteiger partial charge < -0.3 is 9.47 Å². The fraction of sp³-hybridized carbons (Fsp3) is 0.167. The molecule has 3 nitrogen and oxygen atoms in total. The van der Waals surface area contributed by atoms with Gasteiger partial charge >= 0.3 is 6.18 Å². The largest absolute Gasteiger partial charge is 0.497 e.